The summed E-state index contributed by atoms with van der Waals surface area (Å²) in [5.41, 5.74) is 0.811. The molecule has 1 atom stereocenters. The average Bonchev–Trinajstić information content (AvgIpc) is 3.49. The number of anilines is 1. The van der Waals surface area contributed by atoms with Crippen molar-refractivity contribution in [1.82, 2.24) is 24.8 Å². The number of halogens is 3. The van der Waals surface area contributed by atoms with Crippen molar-refractivity contribution in [1.29, 1.82) is 0 Å². The number of nitrogens with one attached hydrogen (secondary N) is 1. The van der Waals surface area contributed by atoms with Gasteiger partial charge in [0.25, 0.3) is 5.91 Å². The van der Waals surface area contributed by atoms with Crippen molar-refractivity contribution < 1.29 is 18.0 Å². The van der Waals surface area contributed by atoms with Gasteiger partial charge >= 0.3 is 6.18 Å². The normalized spacial score (nSPS) is 21.2. The first-order valence-corrected chi connectivity index (χ1v) is 9.09. The number of carbonyl (C=O) groups is 1. The molecule has 1 saturated carbocycles. The molecule has 10 heteroatoms. The molecule has 28 heavy (non-hydrogen) atoms. The topological polar surface area (TPSA) is 83.9 Å². The predicted octanol–water partition coefficient (Wildman–Crippen LogP) is 2.78. The number of aromatic nitrogens is 4. The second-order valence-electron chi connectivity index (χ2n) is 7.26. The van der Waals surface area contributed by atoms with Crippen LogP contribution in [0.25, 0.3) is 0 Å². The van der Waals surface area contributed by atoms with Gasteiger partial charge in [0, 0.05) is 43.4 Å². The van der Waals surface area contributed by atoms with Crippen LogP contribution >= 0.6 is 0 Å². The number of carbonyl (C=O) groups excluding carboxylic acids is 1. The molecule has 2 fully saturated rings. The highest BCUT2D eigenvalue weighted by molar-refractivity contribution is 5.93. The first-order chi connectivity index (χ1) is 13.4. The third-order valence-electron chi connectivity index (χ3n) is 5.28. The fourth-order valence-electron chi connectivity index (χ4n) is 3.49. The van der Waals surface area contributed by atoms with Crippen LogP contribution in [0.5, 0.6) is 0 Å². The summed E-state index contributed by atoms with van der Waals surface area (Å²) in [5.74, 6) is -1.60. The van der Waals surface area contributed by atoms with Crippen molar-refractivity contribution >= 4 is 11.9 Å². The van der Waals surface area contributed by atoms with Crippen molar-refractivity contribution in [3.8, 4) is 0 Å². The number of rotatable bonds is 4. The fourth-order valence-corrected chi connectivity index (χ4v) is 3.49. The van der Waals surface area contributed by atoms with Crippen molar-refractivity contribution in [3.05, 3.63) is 42.2 Å². The number of piperidine rings is 1. The Hall–Kier alpha value is -2.78. The molecule has 1 aliphatic heterocycles. The molecular formula is C18H19F3N6O. The first kappa shape index (κ1) is 18.6. The van der Waals surface area contributed by atoms with E-state index in [1.807, 2.05) is 0 Å². The maximum atomic E-state index is 13.0. The maximum absolute atomic E-state index is 13.0. The lowest BCUT2D eigenvalue weighted by Crippen LogP contribution is -2.44. The Morgan fingerprint density at radius 3 is 2.43 bits per heavy atom. The highest BCUT2D eigenvalue weighted by Gasteiger charge is 2.46. The number of nitrogens with zero attached hydrogens (tertiary/aromatic N) is 5. The van der Waals surface area contributed by atoms with E-state index < -0.39 is 18.0 Å². The molecule has 4 rings (SSSR count). The largest absolute Gasteiger partial charge is 0.393 e. The first-order valence-electron chi connectivity index (χ1n) is 9.09. The summed E-state index contributed by atoms with van der Waals surface area (Å²) in [7, 11) is 0. The lowest BCUT2D eigenvalue weighted by atomic mass is 9.97. The highest BCUT2D eigenvalue weighted by atomic mass is 19.4. The van der Waals surface area contributed by atoms with Crippen molar-refractivity contribution in [2.45, 2.75) is 37.4 Å². The van der Waals surface area contributed by atoms with Crippen LogP contribution in [-0.2, 0) is 5.54 Å². The van der Waals surface area contributed by atoms with Gasteiger partial charge in [0.05, 0.1) is 17.0 Å². The van der Waals surface area contributed by atoms with E-state index in [1.165, 1.54) is 23.6 Å². The number of likely N-dealkylation sites (tertiary alicyclic amines) is 1. The molecule has 2 aromatic heterocycles. The van der Waals surface area contributed by atoms with Crippen LogP contribution in [0.4, 0.5) is 19.1 Å². The Bertz CT molecular complexity index is 839. The number of hydrogen-bond donors (Lipinski definition) is 1. The quantitative estimate of drug-likeness (QED) is 0.862. The average molecular weight is 392 g/mol. The molecule has 7 nitrogen and oxygen atoms in total. The van der Waals surface area contributed by atoms with Gasteiger partial charge in [-0.3, -0.25) is 4.79 Å². The van der Waals surface area contributed by atoms with E-state index in [9.17, 15) is 18.0 Å². The van der Waals surface area contributed by atoms with Crippen LogP contribution in [0, 0.1) is 5.92 Å². The second-order valence-corrected chi connectivity index (χ2v) is 7.26. The van der Waals surface area contributed by atoms with Gasteiger partial charge in [-0.05, 0) is 25.7 Å². The summed E-state index contributed by atoms with van der Waals surface area (Å²) in [6.45, 7) is -0.0119. The SMILES string of the molecule is O=C(c1cnc(NC2(c3cncnc3)CC2)nc1)N1CCCC(C(F)(F)F)C1. The van der Waals surface area contributed by atoms with Crippen molar-refractivity contribution in [2.75, 3.05) is 18.4 Å². The van der Waals surface area contributed by atoms with Gasteiger partial charge < -0.3 is 10.2 Å². The van der Waals surface area contributed by atoms with Crippen LogP contribution in [-0.4, -0.2) is 50.0 Å². The Balaban J connectivity index is 1.43. The third-order valence-corrected chi connectivity index (χ3v) is 5.28. The molecule has 0 radical (unpaired) electrons. The molecule has 0 bridgehead atoms. The van der Waals surface area contributed by atoms with Gasteiger partial charge in [-0.15, -0.1) is 0 Å². The van der Waals surface area contributed by atoms with Gasteiger partial charge in [-0.1, -0.05) is 0 Å². The zero-order valence-electron chi connectivity index (χ0n) is 15.0. The minimum Gasteiger partial charge on any atom is -0.345 e. The minimum atomic E-state index is -4.29. The number of amides is 1. The maximum Gasteiger partial charge on any atom is 0.393 e. The fraction of sp³-hybridized carbons (Fsp3) is 0.500. The van der Waals surface area contributed by atoms with Gasteiger partial charge in [-0.2, -0.15) is 13.2 Å². The van der Waals surface area contributed by atoms with Gasteiger partial charge in [0.15, 0.2) is 0 Å². The molecule has 1 saturated heterocycles. The Kier molecular flexibility index (Phi) is 4.64. The van der Waals surface area contributed by atoms with E-state index in [2.05, 4.69) is 25.3 Å². The standard InChI is InChI=1S/C18H19F3N6O/c19-18(20,21)13-2-1-5-27(10-13)15(28)12-6-24-16(25-7-12)26-17(3-4-17)14-8-22-11-23-9-14/h6-9,11,13H,1-5,10H2,(H,24,25,26). The van der Waals surface area contributed by atoms with Crippen LogP contribution < -0.4 is 5.32 Å². The minimum absolute atomic E-state index is 0.0535. The molecule has 148 valence electrons. The zero-order chi connectivity index (χ0) is 19.8. The number of hydrogen-bond acceptors (Lipinski definition) is 6. The van der Waals surface area contributed by atoms with Crippen LogP contribution in [0.2, 0.25) is 0 Å². The molecular weight excluding hydrogens is 373 g/mol. The third kappa shape index (κ3) is 3.76. The Morgan fingerprint density at radius 2 is 1.82 bits per heavy atom. The van der Waals surface area contributed by atoms with E-state index >= 15 is 0 Å². The van der Waals surface area contributed by atoms with Gasteiger partial charge in [-0.25, -0.2) is 19.9 Å². The number of alkyl halides is 3. The molecule has 2 aromatic rings. The monoisotopic (exact) mass is 392 g/mol. The highest BCUT2D eigenvalue weighted by Crippen LogP contribution is 2.47. The molecule has 0 aromatic carbocycles. The van der Waals surface area contributed by atoms with E-state index in [0.717, 1.165) is 18.4 Å². The summed E-state index contributed by atoms with van der Waals surface area (Å²) in [6.07, 6.45) is 5.50. The molecule has 1 aliphatic carbocycles. The van der Waals surface area contributed by atoms with E-state index in [-0.39, 0.29) is 24.1 Å². The van der Waals surface area contributed by atoms with Crippen LogP contribution in [0.1, 0.15) is 41.6 Å². The Morgan fingerprint density at radius 1 is 1.14 bits per heavy atom. The van der Waals surface area contributed by atoms with Gasteiger partial charge in [0.2, 0.25) is 5.95 Å². The molecule has 1 N–H and O–H groups in total. The van der Waals surface area contributed by atoms with Crippen molar-refractivity contribution in [2.24, 2.45) is 5.92 Å². The predicted molar refractivity (Wildman–Crippen MR) is 93.3 cm³/mol. The summed E-state index contributed by atoms with van der Waals surface area (Å²) < 4.78 is 38.9. The molecule has 1 unspecified atom stereocenters. The second kappa shape index (κ2) is 6.99. The summed E-state index contributed by atoms with van der Waals surface area (Å²) in [6, 6.07) is 0. The molecule has 2 aliphatic rings. The molecule has 0 spiro atoms. The molecule has 1 amide bonds. The molecule has 3 heterocycles. The smallest absolute Gasteiger partial charge is 0.345 e. The van der Waals surface area contributed by atoms with Gasteiger partial charge in [0.1, 0.15) is 6.33 Å². The van der Waals surface area contributed by atoms with E-state index in [1.54, 1.807) is 12.4 Å². The van der Waals surface area contributed by atoms with E-state index in [0.29, 0.717) is 18.9 Å². The zero-order valence-corrected chi connectivity index (χ0v) is 15.0. The lowest BCUT2D eigenvalue weighted by molar-refractivity contribution is -0.184. The van der Waals surface area contributed by atoms with Crippen LogP contribution in [0.3, 0.4) is 0 Å². The van der Waals surface area contributed by atoms with Crippen molar-refractivity contribution in [3.63, 3.8) is 0 Å². The van der Waals surface area contributed by atoms with Crippen LogP contribution in [0.15, 0.2) is 31.1 Å². The van der Waals surface area contributed by atoms with E-state index in [4.69, 9.17) is 0 Å². The summed E-state index contributed by atoms with van der Waals surface area (Å²) in [4.78, 5) is 30.2. The Labute approximate surface area is 159 Å². The summed E-state index contributed by atoms with van der Waals surface area (Å²) >= 11 is 0. The summed E-state index contributed by atoms with van der Waals surface area (Å²) in [5, 5.41) is 3.24. The lowest BCUT2D eigenvalue weighted by Gasteiger charge is -2.33.